The molecule has 1 saturated heterocycles. The van der Waals surface area contributed by atoms with E-state index >= 15 is 0 Å². The van der Waals surface area contributed by atoms with Gasteiger partial charge in [0.25, 0.3) is 0 Å². The van der Waals surface area contributed by atoms with Crippen LogP contribution in [0.4, 0.5) is 11.6 Å². The average Bonchev–Trinajstić information content (AvgIpc) is 2.41. The Hall–Kier alpha value is -1.37. The summed E-state index contributed by atoms with van der Waals surface area (Å²) in [5.41, 5.74) is 5.74. The fraction of sp³-hybridized carbons (Fsp3) is 0.545. The third kappa shape index (κ3) is 2.55. The van der Waals surface area contributed by atoms with E-state index in [9.17, 15) is 4.79 Å². The van der Waals surface area contributed by atoms with Crippen molar-refractivity contribution in [2.24, 2.45) is 5.92 Å². The van der Waals surface area contributed by atoms with Crippen molar-refractivity contribution >= 4 is 33.5 Å². The number of nitrogens with zero attached hydrogens (tertiary/aromatic N) is 3. The van der Waals surface area contributed by atoms with E-state index in [0.717, 1.165) is 36.2 Å². The van der Waals surface area contributed by atoms with Crippen molar-refractivity contribution in [3.05, 3.63) is 10.8 Å². The molecule has 7 heteroatoms. The van der Waals surface area contributed by atoms with Crippen molar-refractivity contribution in [3.8, 4) is 0 Å². The largest absolute Gasteiger partial charge is 0.383 e. The molecule has 1 aliphatic rings. The Morgan fingerprint density at radius 1 is 1.50 bits per heavy atom. The number of carbonyl (C=O) groups excluding carboxylic acids is 1. The Bertz CT molecular complexity index is 445. The number of hydrogen-bond donors (Lipinski definition) is 2. The standard InChI is InChI=1S/C11H16BrN5O/c1-14-11(18)7-2-4-17(5-3-7)10-8(12)9(13)15-6-16-10/h6-7H,2-5H2,1H3,(H,14,18)(H2,13,15,16). The van der Waals surface area contributed by atoms with Gasteiger partial charge in [-0.25, -0.2) is 9.97 Å². The van der Waals surface area contributed by atoms with Crippen LogP contribution in [-0.4, -0.2) is 36.0 Å². The van der Waals surface area contributed by atoms with Gasteiger partial charge in [0.2, 0.25) is 5.91 Å². The van der Waals surface area contributed by atoms with Gasteiger partial charge in [0.15, 0.2) is 0 Å². The lowest BCUT2D eigenvalue weighted by atomic mass is 9.96. The summed E-state index contributed by atoms with van der Waals surface area (Å²) in [6.45, 7) is 1.60. The minimum absolute atomic E-state index is 0.101. The van der Waals surface area contributed by atoms with Gasteiger partial charge in [0.1, 0.15) is 22.4 Å². The molecule has 1 aliphatic heterocycles. The molecule has 0 aromatic carbocycles. The van der Waals surface area contributed by atoms with E-state index in [1.165, 1.54) is 6.33 Å². The summed E-state index contributed by atoms with van der Waals surface area (Å²) in [6.07, 6.45) is 3.12. The van der Waals surface area contributed by atoms with Gasteiger partial charge in [-0.15, -0.1) is 0 Å². The van der Waals surface area contributed by atoms with Crippen LogP contribution in [0.15, 0.2) is 10.8 Å². The summed E-state index contributed by atoms with van der Waals surface area (Å²) in [7, 11) is 1.68. The molecular weight excluding hydrogens is 298 g/mol. The Kier molecular flexibility index (Phi) is 4.00. The van der Waals surface area contributed by atoms with Crippen LogP contribution in [-0.2, 0) is 4.79 Å². The summed E-state index contributed by atoms with van der Waals surface area (Å²) < 4.78 is 0.725. The predicted octanol–water partition coefficient (Wildman–Crippen LogP) is 0.784. The highest BCUT2D eigenvalue weighted by Gasteiger charge is 2.26. The van der Waals surface area contributed by atoms with Crippen molar-refractivity contribution in [2.45, 2.75) is 12.8 Å². The normalized spacial score (nSPS) is 16.7. The lowest BCUT2D eigenvalue weighted by Gasteiger charge is -2.32. The number of carbonyl (C=O) groups is 1. The van der Waals surface area contributed by atoms with Crippen LogP contribution in [0.3, 0.4) is 0 Å². The zero-order valence-electron chi connectivity index (χ0n) is 10.2. The minimum Gasteiger partial charge on any atom is -0.383 e. The second-order valence-corrected chi connectivity index (χ2v) is 5.07. The zero-order chi connectivity index (χ0) is 13.1. The average molecular weight is 314 g/mol. The SMILES string of the molecule is CNC(=O)C1CCN(c2ncnc(N)c2Br)CC1. The third-order valence-corrected chi connectivity index (χ3v) is 3.97. The molecule has 98 valence electrons. The molecule has 1 fully saturated rings. The van der Waals surface area contributed by atoms with Crippen molar-refractivity contribution in [3.63, 3.8) is 0 Å². The van der Waals surface area contributed by atoms with E-state index in [2.05, 4.69) is 36.1 Å². The smallest absolute Gasteiger partial charge is 0.222 e. The number of anilines is 2. The molecule has 3 N–H and O–H groups in total. The number of nitrogen functional groups attached to an aromatic ring is 1. The first-order chi connectivity index (χ1) is 8.63. The first-order valence-electron chi connectivity index (χ1n) is 5.86. The predicted molar refractivity (Wildman–Crippen MR) is 73.1 cm³/mol. The molecule has 0 aliphatic carbocycles. The van der Waals surface area contributed by atoms with Gasteiger partial charge in [-0.2, -0.15) is 0 Å². The number of aromatic nitrogens is 2. The maximum atomic E-state index is 11.5. The molecule has 0 saturated carbocycles. The van der Waals surface area contributed by atoms with E-state index in [1.54, 1.807) is 7.05 Å². The van der Waals surface area contributed by atoms with Gasteiger partial charge < -0.3 is 16.0 Å². The molecule has 1 amide bonds. The number of hydrogen-bond acceptors (Lipinski definition) is 5. The van der Waals surface area contributed by atoms with E-state index < -0.39 is 0 Å². The maximum Gasteiger partial charge on any atom is 0.222 e. The molecule has 0 atom stereocenters. The molecule has 2 heterocycles. The number of amides is 1. The summed E-state index contributed by atoms with van der Waals surface area (Å²) in [5, 5.41) is 2.70. The highest BCUT2D eigenvalue weighted by Crippen LogP contribution is 2.30. The number of halogens is 1. The molecule has 0 unspecified atom stereocenters. The quantitative estimate of drug-likeness (QED) is 0.843. The molecule has 0 bridgehead atoms. The van der Waals surface area contributed by atoms with Crippen LogP contribution < -0.4 is 16.0 Å². The minimum atomic E-state index is 0.101. The lowest BCUT2D eigenvalue weighted by Crippen LogP contribution is -2.40. The monoisotopic (exact) mass is 313 g/mol. The Morgan fingerprint density at radius 3 is 2.78 bits per heavy atom. The molecule has 2 rings (SSSR count). The van der Waals surface area contributed by atoms with Gasteiger partial charge in [0.05, 0.1) is 0 Å². The van der Waals surface area contributed by atoms with Crippen molar-refractivity contribution in [2.75, 3.05) is 30.8 Å². The van der Waals surface area contributed by atoms with Gasteiger partial charge in [0, 0.05) is 26.1 Å². The fourth-order valence-electron chi connectivity index (χ4n) is 2.15. The van der Waals surface area contributed by atoms with Gasteiger partial charge >= 0.3 is 0 Å². The highest BCUT2D eigenvalue weighted by molar-refractivity contribution is 9.10. The fourth-order valence-corrected chi connectivity index (χ4v) is 2.61. The van der Waals surface area contributed by atoms with E-state index in [4.69, 9.17) is 5.73 Å². The lowest BCUT2D eigenvalue weighted by molar-refractivity contribution is -0.125. The first-order valence-corrected chi connectivity index (χ1v) is 6.65. The van der Waals surface area contributed by atoms with Gasteiger partial charge in [-0.1, -0.05) is 0 Å². The molecule has 0 radical (unpaired) electrons. The molecule has 1 aromatic heterocycles. The third-order valence-electron chi connectivity index (χ3n) is 3.21. The Morgan fingerprint density at radius 2 is 2.17 bits per heavy atom. The second-order valence-electron chi connectivity index (χ2n) is 4.27. The van der Waals surface area contributed by atoms with Crippen LogP contribution in [0, 0.1) is 5.92 Å². The second kappa shape index (κ2) is 5.51. The van der Waals surface area contributed by atoms with Crippen molar-refractivity contribution < 1.29 is 4.79 Å². The van der Waals surface area contributed by atoms with E-state index in [1.807, 2.05) is 0 Å². The van der Waals surface area contributed by atoms with Gasteiger partial charge in [-0.3, -0.25) is 4.79 Å². The van der Waals surface area contributed by atoms with E-state index in [-0.39, 0.29) is 11.8 Å². The molecule has 6 nitrogen and oxygen atoms in total. The summed E-state index contributed by atoms with van der Waals surface area (Å²) in [5.74, 6) is 1.46. The molecule has 18 heavy (non-hydrogen) atoms. The van der Waals surface area contributed by atoms with Gasteiger partial charge in [-0.05, 0) is 28.8 Å². The van der Waals surface area contributed by atoms with Crippen LogP contribution in [0.25, 0.3) is 0 Å². The zero-order valence-corrected chi connectivity index (χ0v) is 11.8. The summed E-state index contributed by atoms with van der Waals surface area (Å²) in [6, 6.07) is 0. The number of piperidine rings is 1. The molecule has 1 aromatic rings. The molecule has 0 spiro atoms. The Labute approximate surface area is 114 Å². The van der Waals surface area contributed by atoms with Crippen LogP contribution in [0.1, 0.15) is 12.8 Å². The van der Waals surface area contributed by atoms with Crippen molar-refractivity contribution in [1.29, 1.82) is 0 Å². The van der Waals surface area contributed by atoms with Crippen molar-refractivity contribution in [1.82, 2.24) is 15.3 Å². The maximum absolute atomic E-state index is 11.5. The number of nitrogens with one attached hydrogen (secondary N) is 1. The number of nitrogens with two attached hydrogens (primary N) is 1. The topological polar surface area (TPSA) is 84.1 Å². The first kappa shape index (κ1) is 13.1. The van der Waals surface area contributed by atoms with Crippen LogP contribution >= 0.6 is 15.9 Å². The van der Waals surface area contributed by atoms with E-state index in [0.29, 0.717) is 5.82 Å². The molecular formula is C11H16BrN5O. The number of rotatable bonds is 2. The summed E-state index contributed by atoms with van der Waals surface area (Å²) in [4.78, 5) is 21.8. The summed E-state index contributed by atoms with van der Waals surface area (Å²) >= 11 is 3.40. The van der Waals surface area contributed by atoms with Crippen LogP contribution in [0.2, 0.25) is 0 Å². The van der Waals surface area contributed by atoms with Crippen LogP contribution in [0.5, 0.6) is 0 Å². The highest BCUT2D eigenvalue weighted by atomic mass is 79.9. The Balaban J connectivity index is 2.06.